The van der Waals surface area contributed by atoms with E-state index >= 15 is 0 Å². The lowest BCUT2D eigenvalue weighted by molar-refractivity contribution is -0.113. The first-order chi connectivity index (χ1) is 13.4. The fourth-order valence-corrected chi connectivity index (χ4v) is 4.27. The Kier molecular flexibility index (Phi) is 6.75. The maximum Gasteiger partial charge on any atom is 0.187 e. The van der Waals surface area contributed by atoms with Crippen molar-refractivity contribution in [2.45, 2.75) is 0 Å². The number of nitrogens with zero attached hydrogens (tertiary/aromatic N) is 1. The molecule has 2 aromatic rings. The second-order valence-corrected chi connectivity index (χ2v) is 8.34. The second-order valence-electron chi connectivity index (χ2n) is 6.63. The number of hydrogen-bond donors (Lipinski definition) is 0. The molecule has 1 aliphatic heterocycles. The number of methoxy groups -OCH3 is 2. The molecule has 0 amide bonds. The van der Waals surface area contributed by atoms with Gasteiger partial charge in [-0.15, -0.1) is 0 Å². The van der Waals surface area contributed by atoms with Gasteiger partial charge in [-0.05, 0) is 86.5 Å². The molecule has 0 aromatic heterocycles. The summed E-state index contributed by atoms with van der Waals surface area (Å²) in [5, 5.41) is 0. The van der Waals surface area contributed by atoms with E-state index in [0.717, 1.165) is 42.7 Å². The highest BCUT2D eigenvalue weighted by molar-refractivity contribution is 9.10. The van der Waals surface area contributed by atoms with Crippen LogP contribution in [0.2, 0.25) is 0 Å². The molecule has 0 radical (unpaired) electrons. The molecular formula is C22H21Br2NO3. The smallest absolute Gasteiger partial charge is 0.187 e. The minimum Gasteiger partial charge on any atom is -0.496 e. The number of ether oxygens (including phenoxy) is 2. The monoisotopic (exact) mass is 505 g/mol. The molecule has 1 fully saturated rings. The van der Waals surface area contributed by atoms with Gasteiger partial charge in [0.15, 0.2) is 5.78 Å². The summed E-state index contributed by atoms with van der Waals surface area (Å²) in [6, 6.07) is 11.6. The first-order valence-corrected chi connectivity index (χ1v) is 10.3. The van der Waals surface area contributed by atoms with E-state index < -0.39 is 0 Å². The van der Waals surface area contributed by atoms with E-state index in [1.807, 2.05) is 55.6 Å². The number of halogens is 2. The van der Waals surface area contributed by atoms with Crippen LogP contribution in [0.3, 0.4) is 0 Å². The van der Waals surface area contributed by atoms with Crippen molar-refractivity contribution in [1.29, 1.82) is 0 Å². The van der Waals surface area contributed by atoms with E-state index in [9.17, 15) is 4.79 Å². The third-order valence-electron chi connectivity index (χ3n) is 4.50. The predicted molar refractivity (Wildman–Crippen MR) is 120 cm³/mol. The molecule has 0 atom stereocenters. The Morgan fingerprint density at radius 1 is 0.857 bits per heavy atom. The van der Waals surface area contributed by atoms with Gasteiger partial charge in [-0.2, -0.15) is 0 Å². The zero-order valence-electron chi connectivity index (χ0n) is 16.0. The summed E-state index contributed by atoms with van der Waals surface area (Å²) in [6.07, 6.45) is 3.89. The summed E-state index contributed by atoms with van der Waals surface area (Å²) in [7, 11) is 5.28. The summed E-state index contributed by atoms with van der Waals surface area (Å²) in [5.41, 5.74) is 3.45. The van der Waals surface area contributed by atoms with Crippen molar-refractivity contribution in [3.05, 3.63) is 67.6 Å². The van der Waals surface area contributed by atoms with Gasteiger partial charge in [0.05, 0.1) is 23.2 Å². The fourth-order valence-electron chi connectivity index (χ4n) is 3.16. The summed E-state index contributed by atoms with van der Waals surface area (Å²) in [6.45, 7) is 1.23. The van der Waals surface area contributed by atoms with Crippen LogP contribution in [-0.4, -0.2) is 45.0 Å². The van der Waals surface area contributed by atoms with Crippen molar-refractivity contribution in [2.24, 2.45) is 0 Å². The number of benzene rings is 2. The minimum atomic E-state index is 0.0805. The van der Waals surface area contributed by atoms with Gasteiger partial charge in [0.2, 0.25) is 0 Å². The summed E-state index contributed by atoms with van der Waals surface area (Å²) in [4.78, 5) is 15.2. The summed E-state index contributed by atoms with van der Waals surface area (Å²) in [5.74, 6) is 1.61. The quantitative estimate of drug-likeness (QED) is 0.533. The molecule has 0 N–H and O–H groups in total. The molecule has 0 unspecified atom stereocenters. The Labute approximate surface area is 182 Å². The number of piperidine rings is 1. The second kappa shape index (κ2) is 9.07. The molecule has 28 heavy (non-hydrogen) atoms. The average molecular weight is 507 g/mol. The Balaban J connectivity index is 1.92. The molecular weight excluding hydrogens is 486 g/mol. The molecule has 2 aromatic carbocycles. The molecule has 4 nitrogen and oxygen atoms in total. The number of Topliss-reactive ketones (excluding diaryl/α,β-unsaturated/α-hetero) is 1. The van der Waals surface area contributed by atoms with E-state index in [1.165, 1.54) is 0 Å². The average Bonchev–Trinajstić information content (AvgIpc) is 2.66. The molecule has 0 bridgehead atoms. The zero-order chi connectivity index (χ0) is 20.3. The molecule has 0 saturated carbocycles. The Hall–Kier alpha value is -1.89. The molecule has 0 spiro atoms. The maximum atomic E-state index is 13.1. The molecule has 1 heterocycles. The molecule has 6 heteroatoms. The van der Waals surface area contributed by atoms with Crippen LogP contribution in [0.5, 0.6) is 11.5 Å². The molecule has 3 rings (SSSR count). The van der Waals surface area contributed by atoms with Gasteiger partial charge in [-0.1, -0.05) is 12.1 Å². The van der Waals surface area contributed by atoms with Crippen molar-refractivity contribution < 1.29 is 14.3 Å². The molecule has 0 aliphatic carbocycles. The summed E-state index contributed by atoms with van der Waals surface area (Å²) < 4.78 is 12.3. The van der Waals surface area contributed by atoms with Crippen LogP contribution in [0.15, 0.2) is 56.5 Å². The maximum absolute atomic E-state index is 13.1. The molecule has 1 saturated heterocycles. The van der Waals surface area contributed by atoms with Gasteiger partial charge >= 0.3 is 0 Å². The highest BCUT2D eigenvalue weighted by Gasteiger charge is 2.24. The van der Waals surface area contributed by atoms with Gasteiger partial charge in [0.25, 0.3) is 0 Å². The van der Waals surface area contributed by atoms with Gasteiger partial charge in [0.1, 0.15) is 11.5 Å². The van der Waals surface area contributed by atoms with Crippen LogP contribution in [0.25, 0.3) is 12.2 Å². The van der Waals surface area contributed by atoms with Crippen molar-refractivity contribution >= 4 is 49.8 Å². The lowest BCUT2D eigenvalue weighted by Gasteiger charge is -2.26. The third kappa shape index (κ3) is 4.74. The van der Waals surface area contributed by atoms with E-state index in [1.54, 1.807) is 14.2 Å². The van der Waals surface area contributed by atoms with Crippen LogP contribution in [0.1, 0.15) is 11.1 Å². The highest BCUT2D eigenvalue weighted by atomic mass is 79.9. The zero-order valence-corrected chi connectivity index (χ0v) is 19.1. The number of likely N-dealkylation sites (N-methyl/N-ethyl adjacent to an activating group) is 1. The number of rotatable bonds is 4. The number of hydrogen-bond acceptors (Lipinski definition) is 4. The van der Waals surface area contributed by atoms with Crippen molar-refractivity contribution in [2.75, 3.05) is 34.4 Å². The molecule has 146 valence electrons. The Bertz CT molecular complexity index is 891. The van der Waals surface area contributed by atoms with E-state index in [0.29, 0.717) is 13.1 Å². The fraction of sp³-hybridized carbons (Fsp3) is 0.227. The first kappa shape index (κ1) is 20.8. The van der Waals surface area contributed by atoms with E-state index in [2.05, 4.69) is 36.8 Å². The van der Waals surface area contributed by atoms with E-state index in [4.69, 9.17) is 9.47 Å². The van der Waals surface area contributed by atoms with Crippen molar-refractivity contribution in [3.63, 3.8) is 0 Å². The number of ketones is 1. The van der Waals surface area contributed by atoms with Crippen LogP contribution in [0, 0.1) is 0 Å². The van der Waals surface area contributed by atoms with Gasteiger partial charge in [-0.25, -0.2) is 0 Å². The number of carbonyl (C=O) groups excluding carboxylic acids is 1. The summed E-state index contributed by atoms with van der Waals surface area (Å²) >= 11 is 7.00. The predicted octanol–water partition coefficient (Wildman–Crippen LogP) is 5.21. The standard InChI is InChI=1S/C22H21Br2NO3/c1-25-12-16(8-14-4-6-20(27-2)18(23)10-14)22(26)17(13-25)9-15-5-7-21(28-3)19(24)11-15/h4-11H,12-13H2,1-3H3. The third-order valence-corrected chi connectivity index (χ3v) is 5.74. The van der Waals surface area contributed by atoms with Gasteiger partial charge < -0.3 is 9.47 Å². The van der Waals surface area contributed by atoms with E-state index in [-0.39, 0.29) is 5.78 Å². The Morgan fingerprint density at radius 3 is 1.64 bits per heavy atom. The van der Waals surface area contributed by atoms with Crippen LogP contribution in [0.4, 0.5) is 0 Å². The highest BCUT2D eigenvalue weighted by Crippen LogP contribution is 2.29. The topological polar surface area (TPSA) is 38.8 Å². The molecule has 1 aliphatic rings. The lowest BCUT2D eigenvalue weighted by atomic mass is 9.94. The first-order valence-electron chi connectivity index (χ1n) is 8.72. The lowest BCUT2D eigenvalue weighted by Crippen LogP contribution is -2.34. The van der Waals surface area contributed by atoms with Crippen molar-refractivity contribution in [3.8, 4) is 11.5 Å². The minimum absolute atomic E-state index is 0.0805. The Morgan fingerprint density at radius 2 is 1.29 bits per heavy atom. The van der Waals surface area contributed by atoms with Gasteiger partial charge in [-0.3, -0.25) is 9.69 Å². The SMILES string of the molecule is COc1ccc(C=C2CN(C)CC(=Cc3ccc(OC)c(Br)c3)C2=O)cc1Br. The number of likely N-dealkylation sites (tertiary alicyclic amines) is 1. The van der Waals surface area contributed by atoms with Crippen LogP contribution in [-0.2, 0) is 4.79 Å². The number of carbonyl (C=O) groups is 1. The normalized spacial score (nSPS) is 18.0. The van der Waals surface area contributed by atoms with Gasteiger partial charge in [0, 0.05) is 24.2 Å². The van der Waals surface area contributed by atoms with Crippen LogP contribution >= 0.6 is 31.9 Å². The largest absolute Gasteiger partial charge is 0.496 e. The van der Waals surface area contributed by atoms with Crippen molar-refractivity contribution in [1.82, 2.24) is 4.90 Å². The van der Waals surface area contributed by atoms with Crippen LogP contribution < -0.4 is 9.47 Å².